The lowest BCUT2D eigenvalue weighted by Gasteiger charge is -2.22. The van der Waals surface area contributed by atoms with Crippen LogP contribution in [0.2, 0.25) is 0 Å². The first-order chi connectivity index (χ1) is 13.0. The van der Waals surface area contributed by atoms with Crippen LogP contribution in [0.5, 0.6) is 0 Å². The normalized spacial score (nSPS) is 20.2. The predicted octanol–water partition coefficient (Wildman–Crippen LogP) is 2.94. The summed E-state index contributed by atoms with van der Waals surface area (Å²) in [4.78, 5) is 6.94. The Morgan fingerprint density at radius 3 is 2.68 bits per heavy atom. The number of halogens is 1. The van der Waals surface area contributed by atoms with E-state index in [0.29, 0.717) is 18.0 Å². The Labute approximate surface area is 185 Å². The molecule has 2 heterocycles. The molecule has 0 radical (unpaired) electrons. The molecule has 3 rings (SSSR count). The van der Waals surface area contributed by atoms with Gasteiger partial charge in [0.25, 0.3) is 0 Å². The van der Waals surface area contributed by atoms with Gasteiger partial charge >= 0.3 is 0 Å². The Bertz CT molecular complexity index is 743. The van der Waals surface area contributed by atoms with Crippen molar-refractivity contribution in [2.75, 3.05) is 20.1 Å². The molecule has 0 saturated carbocycles. The largest absolute Gasteiger partial charge is 0.352 e. The highest BCUT2D eigenvalue weighted by atomic mass is 127. The van der Waals surface area contributed by atoms with Crippen molar-refractivity contribution in [3.8, 4) is 0 Å². The van der Waals surface area contributed by atoms with Crippen molar-refractivity contribution < 1.29 is 0 Å². The van der Waals surface area contributed by atoms with Gasteiger partial charge in [0, 0.05) is 51.2 Å². The molecule has 0 aliphatic carbocycles. The maximum atomic E-state index is 4.42. The molecule has 6 nitrogen and oxygen atoms in total. The number of likely N-dealkylation sites (tertiary alicyclic amines) is 1. The van der Waals surface area contributed by atoms with Gasteiger partial charge in [0.15, 0.2) is 5.96 Å². The molecular weight excluding hydrogens is 463 g/mol. The number of rotatable bonds is 6. The zero-order chi connectivity index (χ0) is 19.2. The average Bonchev–Trinajstić information content (AvgIpc) is 3.29. The molecule has 2 unspecified atom stereocenters. The summed E-state index contributed by atoms with van der Waals surface area (Å²) < 4.78 is 1.94. The zero-order valence-corrected chi connectivity index (χ0v) is 19.6. The van der Waals surface area contributed by atoms with E-state index in [0.717, 1.165) is 32.1 Å². The molecule has 1 aromatic carbocycles. The molecule has 2 aromatic rings. The maximum absolute atomic E-state index is 4.42. The van der Waals surface area contributed by atoms with Gasteiger partial charge < -0.3 is 10.6 Å². The highest BCUT2D eigenvalue weighted by Gasteiger charge is 2.31. The minimum absolute atomic E-state index is 0. The van der Waals surface area contributed by atoms with E-state index >= 15 is 0 Å². The van der Waals surface area contributed by atoms with E-state index < -0.39 is 0 Å². The molecule has 1 saturated heterocycles. The van der Waals surface area contributed by atoms with Crippen LogP contribution in [0.15, 0.2) is 47.7 Å². The summed E-state index contributed by atoms with van der Waals surface area (Å²) in [7, 11) is 1.84. The highest BCUT2D eigenvalue weighted by Crippen LogP contribution is 2.18. The molecule has 0 bridgehead atoms. The van der Waals surface area contributed by atoms with Crippen LogP contribution in [0.3, 0.4) is 0 Å². The smallest absolute Gasteiger partial charge is 0.191 e. The van der Waals surface area contributed by atoms with E-state index in [9.17, 15) is 0 Å². The quantitative estimate of drug-likeness (QED) is 0.367. The summed E-state index contributed by atoms with van der Waals surface area (Å²) in [6.45, 7) is 10.6. The molecule has 2 atom stereocenters. The second kappa shape index (κ2) is 10.8. The van der Waals surface area contributed by atoms with Gasteiger partial charge in [-0.2, -0.15) is 5.10 Å². The Balaban J connectivity index is 0.00000280. The van der Waals surface area contributed by atoms with Crippen LogP contribution in [0, 0.1) is 5.92 Å². The summed E-state index contributed by atoms with van der Waals surface area (Å²) in [6, 6.07) is 11.6. The van der Waals surface area contributed by atoms with Gasteiger partial charge in [-0.3, -0.25) is 14.6 Å². The van der Waals surface area contributed by atoms with Crippen molar-refractivity contribution in [1.82, 2.24) is 25.3 Å². The third-order valence-electron chi connectivity index (χ3n) is 5.27. The van der Waals surface area contributed by atoms with Gasteiger partial charge in [-0.1, -0.05) is 31.2 Å². The molecule has 0 amide bonds. The van der Waals surface area contributed by atoms with Crippen molar-refractivity contribution in [3.05, 3.63) is 53.9 Å². The number of benzene rings is 1. The SMILES string of the molecule is CN=C(NCc1cccc(Cn2cccn2)c1)NC1CN(C(C)C)CC1C.I. The standard InChI is InChI=1S/C21H32N6.HI/c1-16(2)26-13-17(3)20(15-26)25-21(22-4)23-12-18-7-5-8-19(11-18)14-27-10-6-9-24-27;/h5-11,16-17,20H,12-15H2,1-4H3,(H2,22,23,25);1H. The summed E-state index contributed by atoms with van der Waals surface area (Å²) >= 11 is 0. The second-order valence-electron chi connectivity index (χ2n) is 7.73. The Morgan fingerprint density at radius 1 is 1.25 bits per heavy atom. The lowest BCUT2D eigenvalue weighted by molar-refractivity contribution is 0.265. The van der Waals surface area contributed by atoms with Crippen LogP contribution in [0.25, 0.3) is 0 Å². The lowest BCUT2D eigenvalue weighted by atomic mass is 10.1. The van der Waals surface area contributed by atoms with E-state index in [2.05, 4.69) is 70.7 Å². The Kier molecular flexibility index (Phi) is 8.75. The second-order valence-corrected chi connectivity index (χ2v) is 7.73. The summed E-state index contributed by atoms with van der Waals surface area (Å²) in [5, 5.41) is 11.3. The number of hydrogen-bond acceptors (Lipinski definition) is 3. The molecule has 1 aliphatic heterocycles. The first-order valence-corrected chi connectivity index (χ1v) is 9.81. The number of aromatic nitrogens is 2. The fraction of sp³-hybridized carbons (Fsp3) is 0.524. The van der Waals surface area contributed by atoms with Gasteiger partial charge in [0.05, 0.1) is 6.54 Å². The minimum atomic E-state index is 0. The monoisotopic (exact) mass is 496 g/mol. The average molecular weight is 496 g/mol. The summed E-state index contributed by atoms with van der Waals surface area (Å²) in [5.41, 5.74) is 2.49. The van der Waals surface area contributed by atoms with Crippen LogP contribution in [0.4, 0.5) is 0 Å². The van der Waals surface area contributed by atoms with Crippen LogP contribution < -0.4 is 10.6 Å². The van der Waals surface area contributed by atoms with Crippen LogP contribution in [-0.4, -0.2) is 52.9 Å². The van der Waals surface area contributed by atoms with Crippen molar-refractivity contribution in [3.63, 3.8) is 0 Å². The first kappa shape index (κ1) is 22.7. The van der Waals surface area contributed by atoms with Gasteiger partial charge in [0.1, 0.15) is 0 Å². The molecular formula is C21H33IN6. The summed E-state index contributed by atoms with van der Waals surface area (Å²) in [5.74, 6) is 1.48. The van der Waals surface area contributed by atoms with Crippen molar-refractivity contribution >= 4 is 29.9 Å². The molecule has 1 aliphatic rings. The minimum Gasteiger partial charge on any atom is -0.352 e. The third kappa shape index (κ3) is 6.20. The van der Waals surface area contributed by atoms with E-state index in [1.54, 1.807) is 0 Å². The van der Waals surface area contributed by atoms with Gasteiger partial charge in [-0.05, 0) is 37.0 Å². The molecule has 1 fully saturated rings. The van der Waals surface area contributed by atoms with E-state index in [4.69, 9.17) is 0 Å². The fourth-order valence-corrected chi connectivity index (χ4v) is 3.59. The van der Waals surface area contributed by atoms with Crippen molar-refractivity contribution in [2.45, 2.75) is 45.9 Å². The summed E-state index contributed by atoms with van der Waals surface area (Å²) in [6.07, 6.45) is 3.80. The van der Waals surface area contributed by atoms with Crippen molar-refractivity contribution in [2.24, 2.45) is 10.9 Å². The van der Waals surface area contributed by atoms with E-state index in [-0.39, 0.29) is 24.0 Å². The molecule has 154 valence electrons. The highest BCUT2D eigenvalue weighted by molar-refractivity contribution is 14.0. The molecule has 28 heavy (non-hydrogen) atoms. The fourth-order valence-electron chi connectivity index (χ4n) is 3.59. The Hall–Kier alpha value is -1.61. The van der Waals surface area contributed by atoms with Gasteiger partial charge in [-0.15, -0.1) is 24.0 Å². The van der Waals surface area contributed by atoms with Crippen LogP contribution >= 0.6 is 24.0 Å². The lowest BCUT2D eigenvalue weighted by Crippen LogP contribution is -2.46. The predicted molar refractivity (Wildman–Crippen MR) is 126 cm³/mol. The van der Waals surface area contributed by atoms with Gasteiger partial charge in [-0.25, -0.2) is 0 Å². The Morgan fingerprint density at radius 2 is 2.04 bits per heavy atom. The first-order valence-electron chi connectivity index (χ1n) is 9.81. The van der Waals surface area contributed by atoms with E-state index in [1.807, 2.05) is 30.2 Å². The van der Waals surface area contributed by atoms with Crippen LogP contribution in [0.1, 0.15) is 31.9 Å². The number of aliphatic imine (C=N–C) groups is 1. The van der Waals surface area contributed by atoms with Gasteiger partial charge in [0.2, 0.25) is 0 Å². The molecule has 0 spiro atoms. The maximum Gasteiger partial charge on any atom is 0.191 e. The molecule has 1 aromatic heterocycles. The van der Waals surface area contributed by atoms with Crippen molar-refractivity contribution in [1.29, 1.82) is 0 Å². The molecule has 7 heteroatoms. The number of hydrogen-bond donors (Lipinski definition) is 2. The number of nitrogens with one attached hydrogen (secondary N) is 2. The molecule has 2 N–H and O–H groups in total. The number of guanidine groups is 1. The topological polar surface area (TPSA) is 57.5 Å². The van der Waals surface area contributed by atoms with E-state index in [1.165, 1.54) is 11.1 Å². The van der Waals surface area contributed by atoms with Crippen LogP contribution in [-0.2, 0) is 13.1 Å². The zero-order valence-electron chi connectivity index (χ0n) is 17.3. The third-order valence-corrected chi connectivity index (χ3v) is 5.27. The number of nitrogens with zero attached hydrogens (tertiary/aromatic N) is 4.